The average molecular weight is 799 g/mol. The third-order valence-electron chi connectivity index (χ3n) is 9.26. The molecule has 0 aliphatic carbocycles. The number of rotatable bonds is 19. The number of ether oxygens (including phenoxy) is 4. The Balaban J connectivity index is 1.24. The van der Waals surface area contributed by atoms with E-state index >= 15 is 0 Å². The van der Waals surface area contributed by atoms with E-state index in [4.69, 9.17) is 23.8 Å². The average Bonchev–Trinajstić information content (AvgIpc) is 3.53. The van der Waals surface area contributed by atoms with Crippen LogP contribution in [0.5, 0.6) is 5.75 Å². The number of hydroxylamine groups is 2. The number of imide groups is 1. The number of carbonyl (C=O) groups excluding carboxylic acids is 4. The Kier molecular flexibility index (Phi) is 13.6. The molecule has 0 N–H and O–H groups in total. The fraction of sp³-hybridized carbons (Fsp3) is 0.310. The van der Waals surface area contributed by atoms with Crippen LogP contribution < -0.4 is 13.6 Å². The minimum atomic E-state index is -4.55. The Bertz CT molecular complexity index is 2280. The summed E-state index contributed by atoms with van der Waals surface area (Å²) in [6.07, 6.45) is -0.0518. The molecule has 298 valence electrons. The highest BCUT2D eigenvalue weighted by Crippen LogP contribution is 2.33. The summed E-state index contributed by atoms with van der Waals surface area (Å²) in [4.78, 5) is 55.8. The van der Waals surface area contributed by atoms with Crippen molar-refractivity contribution in [1.29, 1.82) is 0 Å². The second-order valence-electron chi connectivity index (χ2n) is 13.0. The van der Waals surface area contributed by atoms with Gasteiger partial charge in [-0.3, -0.25) is 14.4 Å². The lowest BCUT2D eigenvalue weighted by Crippen LogP contribution is -2.38. The van der Waals surface area contributed by atoms with Crippen LogP contribution in [0, 0.1) is 0 Å². The maximum Gasteiger partial charge on any atom is 0.333 e. The number of carbonyl (C=O) groups is 4. The summed E-state index contributed by atoms with van der Waals surface area (Å²) in [7, 11) is -2.66. The summed E-state index contributed by atoms with van der Waals surface area (Å²) < 4.78 is 54.2. The first-order valence-corrected chi connectivity index (χ1v) is 20.0. The van der Waals surface area contributed by atoms with E-state index in [0.29, 0.717) is 66.8 Å². The molecule has 4 aromatic carbocycles. The molecule has 6 rings (SSSR count). The number of aryl methyl sites for hydroxylation is 2. The minimum Gasteiger partial charge on any atom is -0.491 e. The van der Waals surface area contributed by atoms with Crippen molar-refractivity contribution in [2.24, 2.45) is 7.05 Å². The zero-order valence-electron chi connectivity index (χ0n) is 31.8. The third kappa shape index (κ3) is 9.63. The Labute approximate surface area is 330 Å². The van der Waals surface area contributed by atoms with Crippen LogP contribution in [0.3, 0.4) is 0 Å². The fourth-order valence-corrected chi connectivity index (χ4v) is 7.79. The van der Waals surface area contributed by atoms with Crippen LogP contribution >= 0.6 is 0 Å². The molecule has 3 amide bonds. The van der Waals surface area contributed by atoms with Gasteiger partial charge in [-0.05, 0) is 67.4 Å². The second kappa shape index (κ2) is 18.9. The van der Waals surface area contributed by atoms with Crippen LogP contribution in [0.25, 0.3) is 21.8 Å². The SMILES string of the molecule is CCOCCOCCOCCOc1ccc(N(C(=O)c2c3ccccc3[n+](C)c3ccccc23)S(=O)(=O)c2ccc(CCC(=O)ON3C(=O)CCC3=O)cc2)cc1. The Morgan fingerprint density at radius 1 is 0.719 bits per heavy atom. The third-order valence-corrected chi connectivity index (χ3v) is 11.0. The molecule has 0 unspecified atom stereocenters. The van der Waals surface area contributed by atoms with Gasteiger partial charge in [0, 0.05) is 31.6 Å². The smallest absolute Gasteiger partial charge is 0.333 e. The predicted molar refractivity (Wildman–Crippen MR) is 209 cm³/mol. The van der Waals surface area contributed by atoms with Gasteiger partial charge in [0.25, 0.3) is 27.7 Å². The lowest BCUT2D eigenvalue weighted by atomic mass is 10.0. The van der Waals surface area contributed by atoms with Crippen molar-refractivity contribution in [3.8, 4) is 5.75 Å². The van der Waals surface area contributed by atoms with Gasteiger partial charge in [0.2, 0.25) is 11.0 Å². The molecule has 14 nitrogen and oxygen atoms in total. The number of benzene rings is 4. The first-order valence-electron chi connectivity index (χ1n) is 18.6. The van der Waals surface area contributed by atoms with Crippen LogP contribution in [0.15, 0.2) is 102 Å². The van der Waals surface area contributed by atoms with Gasteiger partial charge in [0.05, 0.1) is 66.4 Å². The number of nitrogens with zero attached hydrogens (tertiary/aromatic N) is 3. The van der Waals surface area contributed by atoms with Crippen LogP contribution in [0.1, 0.15) is 42.1 Å². The van der Waals surface area contributed by atoms with Crippen molar-refractivity contribution >= 4 is 61.2 Å². The Hall–Kier alpha value is -5.74. The Morgan fingerprint density at radius 2 is 1.26 bits per heavy atom. The van der Waals surface area contributed by atoms with Crippen LogP contribution in [-0.4, -0.2) is 83.4 Å². The number of para-hydroxylation sites is 2. The highest BCUT2D eigenvalue weighted by molar-refractivity contribution is 7.93. The maximum absolute atomic E-state index is 15.0. The molecule has 2 heterocycles. The lowest BCUT2D eigenvalue weighted by molar-refractivity contribution is -0.617. The molecule has 1 aromatic heterocycles. The molecule has 0 atom stereocenters. The van der Waals surface area contributed by atoms with Crippen LogP contribution in [0.2, 0.25) is 0 Å². The molecule has 1 aliphatic rings. The molecule has 0 spiro atoms. The summed E-state index contributed by atoms with van der Waals surface area (Å²) in [5.74, 6) is -2.24. The molecule has 1 saturated heterocycles. The van der Waals surface area contributed by atoms with Crippen molar-refractivity contribution in [1.82, 2.24) is 5.06 Å². The number of pyridine rings is 1. The van der Waals surface area contributed by atoms with E-state index in [2.05, 4.69) is 0 Å². The molecule has 0 bridgehead atoms. The van der Waals surface area contributed by atoms with E-state index in [1.807, 2.05) is 42.8 Å². The van der Waals surface area contributed by atoms with Crippen molar-refractivity contribution in [2.45, 2.75) is 37.5 Å². The molecule has 15 heteroatoms. The number of amides is 3. The van der Waals surface area contributed by atoms with Gasteiger partial charge in [0.15, 0.2) is 0 Å². The summed E-state index contributed by atoms with van der Waals surface area (Å²) >= 11 is 0. The quantitative estimate of drug-likeness (QED) is 0.0487. The van der Waals surface area contributed by atoms with E-state index < -0.39 is 33.7 Å². The van der Waals surface area contributed by atoms with Crippen molar-refractivity contribution < 1.29 is 55.9 Å². The number of sulfonamides is 1. The van der Waals surface area contributed by atoms with Crippen LogP contribution in [0.4, 0.5) is 5.69 Å². The molecule has 0 saturated carbocycles. The summed E-state index contributed by atoms with van der Waals surface area (Å²) in [6, 6.07) is 26.7. The van der Waals surface area contributed by atoms with Gasteiger partial charge < -0.3 is 23.8 Å². The molecule has 1 fully saturated rings. The highest BCUT2D eigenvalue weighted by atomic mass is 32.2. The standard InChI is InChI=1S/C42H44N3O11S/c1-3-52-24-25-53-26-27-54-28-29-55-32-17-15-31(16-18-32)45(42(49)41-34-8-4-6-10-36(34)43(2)37-11-7-5-9-35(37)41)57(50,51)33-19-12-30(13-20-33)14-23-40(48)56-44-38(46)21-22-39(44)47/h4-13,15-20H,3,14,21-29H2,1-2H3/q+1. The fourth-order valence-electron chi connectivity index (χ4n) is 6.39. The van der Waals surface area contributed by atoms with E-state index in [1.165, 1.54) is 36.4 Å². The monoisotopic (exact) mass is 798 g/mol. The normalized spacial score (nSPS) is 13.1. The first-order chi connectivity index (χ1) is 27.6. The molecular formula is C42H44N3O11S+. The van der Waals surface area contributed by atoms with Gasteiger partial charge >= 0.3 is 5.97 Å². The van der Waals surface area contributed by atoms with Gasteiger partial charge in [-0.25, -0.2) is 13.2 Å². The number of fused-ring (bicyclic) bond motifs is 2. The largest absolute Gasteiger partial charge is 0.491 e. The summed E-state index contributed by atoms with van der Waals surface area (Å²) in [5.41, 5.74) is 2.37. The van der Waals surface area contributed by atoms with E-state index in [-0.39, 0.29) is 48.4 Å². The second-order valence-corrected chi connectivity index (χ2v) is 14.8. The molecular weight excluding hydrogens is 755 g/mol. The van der Waals surface area contributed by atoms with E-state index in [1.54, 1.807) is 36.4 Å². The van der Waals surface area contributed by atoms with Gasteiger partial charge in [-0.2, -0.15) is 8.87 Å². The van der Waals surface area contributed by atoms with Gasteiger partial charge in [-0.15, -0.1) is 5.06 Å². The number of anilines is 1. The number of hydrogen-bond donors (Lipinski definition) is 0. The minimum absolute atomic E-state index is 0.0165. The summed E-state index contributed by atoms with van der Waals surface area (Å²) in [6.45, 7) is 4.92. The summed E-state index contributed by atoms with van der Waals surface area (Å²) in [5, 5.41) is 1.63. The van der Waals surface area contributed by atoms with Gasteiger partial charge in [0.1, 0.15) is 19.4 Å². The zero-order valence-corrected chi connectivity index (χ0v) is 32.6. The van der Waals surface area contributed by atoms with Crippen LogP contribution in [-0.2, 0) is 56.9 Å². The zero-order chi connectivity index (χ0) is 40.4. The Morgan fingerprint density at radius 3 is 1.84 bits per heavy atom. The highest BCUT2D eigenvalue weighted by Gasteiger charge is 2.36. The molecule has 1 aliphatic heterocycles. The van der Waals surface area contributed by atoms with E-state index in [0.717, 1.165) is 15.3 Å². The topological polar surface area (TPSA) is 159 Å². The molecule has 0 radical (unpaired) electrons. The number of aromatic nitrogens is 1. The molecule has 5 aromatic rings. The number of hydrogen-bond acceptors (Lipinski definition) is 11. The van der Waals surface area contributed by atoms with Gasteiger partial charge in [-0.1, -0.05) is 36.4 Å². The van der Waals surface area contributed by atoms with Crippen molar-refractivity contribution in [3.05, 3.63) is 108 Å². The van der Waals surface area contributed by atoms with Crippen molar-refractivity contribution in [2.75, 3.05) is 50.6 Å². The predicted octanol–water partition coefficient (Wildman–Crippen LogP) is 4.84. The van der Waals surface area contributed by atoms with Crippen molar-refractivity contribution in [3.63, 3.8) is 0 Å². The molecule has 57 heavy (non-hydrogen) atoms. The van der Waals surface area contributed by atoms with E-state index in [9.17, 15) is 27.6 Å². The lowest BCUT2D eigenvalue weighted by Gasteiger charge is -2.24. The maximum atomic E-state index is 15.0. The first kappa shape index (κ1) is 40.9.